The van der Waals surface area contributed by atoms with Gasteiger partial charge in [0.25, 0.3) is 6.01 Å². The van der Waals surface area contributed by atoms with E-state index in [1.54, 1.807) is 17.0 Å². The van der Waals surface area contributed by atoms with Crippen LogP contribution in [0.1, 0.15) is 45.0 Å². The van der Waals surface area contributed by atoms with Crippen molar-refractivity contribution in [3.63, 3.8) is 0 Å². The first-order valence-electron chi connectivity index (χ1n) is 8.91. The van der Waals surface area contributed by atoms with Crippen molar-refractivity contribution in [2.45, 2.75) is 46.3 Å². The molecule has 8 heteroatoms. The predicted octanol–water partition coefficient (Wildman–Crippen LogP) is 4.13. The van der Waals surface area contributed by atoms with Crippen molar-refractivity contribution in [3.8, 4) is 0 Å². The van der Waals surface area contributed by atoms with Gasteiger partial charge in [-0.3, -0.25) is 4.79 Å². The number of aromatic nitrogens is 1. The van der Waals surface area contributed by atoms with Crippen LogP contribution in [-0.2, 0) is 4.74 Å². The van der Waals surface area contributed by atoms with E-state index in [0.717, 1.165) is 0 Å². The minimum absolute atomic E-state index is 0.0180. The third-order valence-electron chi connectivity index (χ3n) is 4.35. The molecule has 1 fully saturated rings. The Hall–Kier alpha value is -2.28. The number of hydrogen-bond acceptors (Lipinski definition) is 6. The summed E-state index contributed by atoms with van der Waals surface area (Å²) in [6.07, 6.45) is -0.322. The van der Waals surface area contributed by atoms with Crippen molar-refractivity contribution < 1.29 is 18.7 Å². The van der Waals surface area contributed by atoms with Gasteiger partial charge in [0.05, 0.1) is 5.56 Å². The molecule has 146 valence electrons. The predicted molar refractivity (Wildman–Crippen MR) is 104 cm³/mol. The third kappa shape index (κ3) is 4.18. The molecule has 27 heavy (non-hydrogen) atoms. The van der Waals surface area contributed by atoms with Crippen molar-refractivity contribution >= 4 is 40.6 Å². The van der Waals surface area contributed by atoms with Crippen LogP contribution in [0, 0.1) is 0 Å². The maximum atomic E-state index is 12.3. The molecule has 0 radical (unpaired) electrons. The number of carbonyl (C=O) groups excluding carboxylic acids is 2. The molecule has 7 nitrogen and oxygen atoms in total. The minimum atomic E-state index is -0.528. The Morgan fingerprint density at radius 2 is 2.00 bits per heavy atom. The summed E-state index contributed by atoms with van der Waals surface area (Å²) >= 11 is 6.09. The number of carbonyl (C=O) groups is 2. The van der Waals surface area contributed by atoms with E-state index in [4.69, 9.17) is 20.8 Å². The van der Waals surface area contributed by atoms with Gasteiger partial charge < -0.3 is 19.0 Å². The van der Waals surface area contributed by atoms with Crippen LogP contribution in [0.4, 0.5) is 10.8 Å². The van der Waals surface area contributed by atoms with Crippen LogP contribution < -0.4 is 4.90 Å². The lowest BCUT2D eigenvalue weighted by molar-refractivity contribution is 0.0216. The Kier molecular flexibility index (Phi) is 5.08. The normalized spacial score (nSPS) is 18.1. The average Bonchev–Trinajstić information content (AvgIpc) is 2.95. The van der Waals surface area contributed by atoms with Gasteiger partial charge in [-0.15, -0.1) is 0 Å². The molecule has 0 spiro atoms. The summed E-state index contributed by atoms with van der Waals surface area (Å²) < 4.78 is 11.3. The number of piperazine rings is 1. The number of anilines is 1. The first-order chi connectivity index (χ1) is 12.5. The Balaban J connectivity index is 1.81. The van der Waals surface area contributed by atoms with E-state index in [-0.39, 0.29) is 17.9 Å². The van der Waals surface area contributed by atoms with Crippen LogP contribution in [0.5, 0.6) is 0 Å². The number of nitrogens with zero attached hydrogens (tertiary/aromatic N) is 3. The molecule has 1 atom stereocenters. The van der Waals surface area contributed by atoms with Gasteiger partial charge in [0.1, 0.15) is 11.1 Å². The molecule has 2 aromatic rings. The summed E-state index contributed by atoms with van der Waals surface area (Å²) in [6, 6.07) is 3.67. The number of hydrogen-bond donors (Lipinski definition) is 0. The molecule has 2 heterocycles. The number of ketones is 1. The fraction of sp³-hybridized carbons (Fsp3) is 0.526. The van der Waals surface area contributed by atoms with Gasteiger partial charge in [-0.1, -0.05) is 11.6 Å². The van der Waals surface area contributed by atoms with E-state index < -0.39 is 5.60 Å². The SMILES string of the molecule is CC(=O)c1cc(Cl)cc2nc(N3CCN(C(=O)OC(C)(C)C)CC3C)oc12. The van der Waals surface area contributed by atoms with E-state index >= 15 is 0 Å². The van der Waals surface area contributed by atoms with Crippen LogP contribution in [0.25, 0.3) is 11.1 Å². The van der Waals surface area contributed by atoms with Gasteiger partial charge in [-0.2, -0.15) is 4.98 Å². The number of rotatable bonds is 2. The van der Waals surface area contributed by atoms with Gasteiger partial charge >= 0.3 is 6.09 Å². The van der Waals surface area contributed by atoms with E-state index in [1.807, 2.05) is 32.6 Å². The Bertz CT molecular complexity index is 887. The number of oxazole rings is 1. The molecule has 1 aromatic heterocycles. The standard InChI is InChI=1S/C19H24ClN3O4/c1-11-10-22(18(25)27-19(3,4)5)6-7-23(11)17-21-15-9-13(20)8-14(12(2)24)16(15)26-17/h8-9,11H,6-7,10H2,1-5H3. The van der Waals surface area contributed by atoms with E-state index in [1.165, 1.54) is 6.92 Å². The Morgan fingerprint density at radius 1 is 1.30 bits per heavy atom. The van der Waals surface area contributed by atoms with Crippen LogP contribution in [0.15, 0.2) is 16.5 Å². The van der Waals surface area contributed by atoms with Crippen LogP contribution in [0.2, 0.25) is 5.02 Å². The summed E-state index contributed by atoms with van der Waals surface area (Å²) in [5.74, 6) is -0.131. The van der Waals surface area contributed by atoms with Crippen molar-refractivity contribution in [2.75, 3.05) is 24.5 Å². The highest BCUT2D eigenvalue weighted by molar-refractivity contribution is 6.32. The molecule has 1 aliphatic rings. The highest BCUT2D eigenvalue weighted by atomic mass is 35.5. The first-order valence-corrected chi connectivity index (χ1v) is 9.28. The largest absolute Gasteiger partial charge is 0.444 e. The maximum absolute atomic E-state index is 12.3. The average molecular weight is 394 g/mol. The molecule has 1 aromatic carbocycles. The summed E-state index contributed by atoms with van der Waals surface area (Å²) in [7, 11) is 0. The number of fused-ring (bicyclic) bond motifs is 1. The molecule has 3 rings (SSSR count). The lowest BCUT2D eigenvalue weighted by Crippen LogP contribution is -2.54. The zero-order chi connectivity index (χ0) is 19.9. The van der Waals surface area contributed by atoms with Gasteiger partial charge in [-0.25, -0.2) is 4.79 Å². The number of amides is 1. The van der Waals surface area contributed by atoms with Crippen LogP contribution in [-0.4, -0.2) is 53.0 Å². The van der Waals surface area contributed by atoms with Gasteiger partial charge in [0, 0.05) is 30.7 Å². The highest BCUT2D eigenvalue weighted by Crippen LogP contribution is 2.30. The van der Waals surface area contributed by atoms with Crippen molar-refractivity contribution in [1.82, 2.24) is 9.88 Å². The van der Waals surface area contributed by atoms with Gasteiger partial charge in [0.15, 0.2) is 11.4 Å². The summed E-state index contributed by atoms with van der Waals surface area (Å²) in [4.78, 5) is 32.3. The highest BCUT2D eigenvalue weighted by Gasteiger charge is 2.32. The molecule has 1 aliphatic heterocycles. The minimum Gasteiger partial charge on any atom is -0.444 e. The van der Waals surface area contributed by atoms with E-state index in [2.05, 4.69) is 4.98 Å². The molecule has 1 saturated heterocycles. The zero-order valence-electron chi connectivity index (χ0n) is 16.2. The molecular weight excluding hydrogens is 370 g/mol. The van der Waals surface area contributed by atoms with Crippen molar-refractivity contribution in [2.24, 2.45) is 0 Å². The van der Waals surface area contributed by atoms with E-state index in [0.29, 0.717) is 47.3 Å². The smallest absolute Gasteiger partial charge is 0.410 e. The van der Waals surface area contributed by atoms with Gasteiger partial charge in [-0.05, 0) is 46.8 Å². The van der Waals surface area contributed by atoms with Crippen LogP contribution in [0.3, 0.4) is 0 Å². The quantitative estimate of drug-likeness (QED) is 0.714. The van der Waals surface area contributed by atoms with Crippen molar-refractivity contribution in [1.29, 1.82) is 0 Å². The van der Waals surface area contributed by atoms with Crippen molar-refractivity contribution in [3.05, 3.63) is 22.7 Å². The second kappa shape index (κ2) is 7.03. The second-order valence-electron chi connectivity index (χ2n) is 7.82. The zero-order valence-corrected chi connectivity index (χ0v) is 17.0. The van der Waals surface area contributed by atoms with E-state index in [9.17, 15) is 9.59 Å². The Labute approximate surface area is 163 Å². The molecular formula is C19H24ClN3O4. The first kappa shape index (κ1) is 19.5. The maximum Gasteiger partial charge on any atom is 0.410 e. The molecule has 1 unspecified atom stereocenters. The topological polar surface area (TPSA) is 75.9 Å². The van der Waals surface area contributed by atoms with Crippen LogP contribution >= 0.6 is 11.6 Å². The molecule has 1 amide bonds. The summed E-state index contributed by atoms with van der Waals surface area (Å²) in [5, 5.41) is 0.440. The Morgan fingerprint density at radius 3 is 2.59 bits per heavy atom. The lowest BCUT2D eigenvalue weighted by Gasteiger charge is -2.39. The third-order valence-corrected chi connectivity index (χ3v) is 4.57. The number of ether oxygens (including phenoxy) is 1. The second-order valence-corrected chi connectivity index (χ2v) is 8.26. The molecule has 0 N–H and O–H groups in total. The lowest BCUT2D eigenvalue weighted by atomic mass is 10.1. The summed E-state index contributed by atoms with van der Waals surface area (Å²) in [5.41, 5.74) is 0.865. The molecule has 0 aliphatic carbocycles. The molecule has 0 bridgehead atoms. The fourth-order valence-electron chi connectivity index (χ4n) is 3.11. The number of Topliss-reactive ketones (excluding diaryl/α,β-unsaturated/α-hetero) is 1. The monoisotopic (exact) mass is 393 g/mol. The molecule has 0 saturated carbocycles. The van der Waals surface area contributed by atoms with Gasteiger partial charge in [0.2, 0.25) is 0 Å². The fourth-order valence-corrected chi connectivity index (χ4v) is 3.32. The summed E-state index contributed by atoms with van der Waals surface area (Å²) in [6.45, 7) is 10.5. The number of halogens is 1. The number of benzene rings is 1.